The highest BCUT2D eigenvalue weighted by atomic mass is 14.1. The first-order valence-corrected chi connectivity index (χ1v) is 16.1. The Morgan fingerprint density at radius 3 is 0.879 bits per heavy atom. The monoisotopic (exact) mass is 464 g/mol. The Kier molecular flexibility index (Phi) is 30.0. The maximum absolute atomic E-state index is 3.96. The van der Waals surface area contributed by atoms with E-state index < -0.39 is 0 Å². The zero-order chi connectivity index (χ0) is 24.1. The summed E-state index contributed by atoms with van der Waals surface area (Å²) in [5.74, 6) is 0.927. The van der Waals surface area contributed by atoms with Crippen LogP contribution in [0.15, 0.2) is 0 Å². The standard InChI is InChI=1S/C33H67/c1-4-6-8-9-10-11-12-13-14-15-16-17-18-19-20-21-22-23-24-25-26-27-28-29-30-32-33(3)31-7-5-2/h33H,2,4-32H2,1,3H3. The fourth-order valence-electron chi connectivity index (χ4n) is 5.27. The lowest BCUT2D eigenvalue weighted by Crippen LogP contribution is -1.94. The van der Waals surface area contributed by atoms with Crippen LogP contribution in [0.3, 0.4) is 0 Å². The molecule has 1 radical (unpaired) electrons. The van der Waals surface area contributed by atoms with E-state index >= 15 is 0 Å². The molecule has 0 N–H and O–H groups in total. The molecule has 0 aliphatic carbocycles. The summed E-state index contributed by atoms with van der Waals surface area (Å²) >= 11 is 0. The molecule has 0 saturated heterocycles. The second-order valence-corrected chi connectivity index (χ2v) is 11.4. The summed E-state index contributed by atoms with van der Waals surface area (Å²) in [4.78, 5) is 0. The lowest BCUT2D eigenvalue weighted by molar-refractivity contribution is 0.443. The largest absolute Gasteiger partial charge is 0.0654 e. The van der Waals surface area contributed by atoms with Crippen LogP contribution in [-0.2, 0) is 0 Å². The Hall–Kier alpha value is 0. The van der Waals surface area contributed by atoms with E-state index in [1.807, 2.05) is 0 Å². The molecule has 1 unspecified atom stereocenters. The Morgan fingerprint density at radius 1 is 0.364 bits per heavy atom. The van der Waals surface area contributed by atoms with Gasteiger partial charge in [0.1, 0.15) is 0 Å². The predicted octanol–water partition coefficient (Wildman–Crippen LogP) is 12.8. The van der Waals surface area contributed by atoms with E-state index in [1.54, 1.807) is 0 Å². The highest BCUT2D eigenvalue weighted by Crippen LogP contribution is 2.18. The highest BCUT2D eigenvalue weighted by Gasteiger charge is 2.01. The Bertz CT molecular complexity index is 320. The van der Waals surface area contributed by atoms with Crippen LogP contribution in [0.1, 0.15) is 200 Å². The summed E-state index contributed by atoms with van der Waals surface area (Å²) in [5, 5.41) is 0. The third kappa shape index (κ3) is 30.0. The molecule has 0 aromatic heterocycles. The van der Waals surface area contributed by atoms with Crippen molar-refractivity contribution in [3.05, 3.63) is 6.92 Å². The Balaban J connectivity index is 3.04. The van der Waals surface area contributed by atoms with Crippen LogP contribution in [0, 0.1) is 12.8 Å². The molecule has 0 spiro atoms. The summed E-state index contributed by atoms with van der Waals surface area (Å²) in [5.41, 5.74) is 0. The van der Waals surface area contributed by atoms with Crippen molar-refractivity contribution in [1.29, 1.82) is 0 Å². The van der Waals surface area contributed by atoms with Gasteiger partial charge in [0, 0.05) is 0 Å². The minimum Gasteiger partial charge on any atom is -0.0654 e. The topological polar surface area (TPSA) is 0 Å². The van der Waals surface area contributed by atoms with Gasteiger partial charge < -0.3 is 0 Å². The van der Waals surface area contributed by atoms with Crippen LogP contribution in [0.5, 0.6) is 0 Å². The van der Waals surface area contributed by atoms with Crippen molar-refractivity contribution < 1.29 is 0 Å². The molecule has 1 atom stereocenters. The first kappa shape index (κ1) is 33.0. The molecule has 0 bridgehead atoms. The fraction of sp³-hybridized carbons (Fsp3) is 0.970. The molecular formula is C33H67. The maximum atomic E-state index is 3.96. The van der Waals surface area contributed by atoms with Crippen molar-refractivity contribution in [3.8, 4) is 0 Å². The van der Waals surface area contributed by atoms with Gasteiger partial charge in [-0.05, 0) is 5.92 Å². The van der Waals surface area contributed by atoms with E-state index in [1.165, 1.54) is 180 Å². The molecule has 0 heterocycles. The minimum absolute atomic E-state index is 0.927. The van der Waals surface area contributed by atoms with Crippen molar-refractivity contribution in [3.63, 3.8) is 0 Å². The first-order valence-electron chi connectivity index (χ1n) is 16.1. The number of hydrogen-bond donors (Lipinski definition) is 0. The average molecular weight is 464 g/mol. The molecule has 0 aromatic carbocycles. The maximum Gasteiger partial charge on any atom is -0.0443 e. The molecule has 0 aliphatic heterocycles. The highest BCUT2D eigenvalue weighted by molar-refractivity contribution is 4.56. The molecule has 199 valence electrons. The van der Waals surface area contributed by atoms with Gasteiger partial charge in [0.05, 0.1) is 0 Å². The molecule has 0 rings (SSSR count). The third-order valence-electron chi connectivity index (χ3n) is 7.75. The second-order valence-electron chi connectivity index (χ2n) is 11.4. The average Bonchev–Trinajstić information content (AvgIpc) is 2.82. The van der Waals surface area contributed by atoms with Crippen LogP contribution in [-0.4, -0.2) is 0 Å². The Labute approximate surface area is 212 Å². The molecule has 0 amide bonds. The van der Waals surface area contributed by atoms with E-state index in [4.69, 9.17) is 0 Å². The van der Waals surface area contributed by atoms with Crippen LogP contribution >= 0.6 is 0 Å². The number of unbranched alkanes of at least 4 members (excludes halogenated alkanes) is 25. The smallest absolute Gasteiger partial charge is 0.0443 e. The summed E-state index contributed by atoms with van der Waals surface area (Å²) in [7, 11) is 0. The van der Waals surface area contributed by atoms with Crippen molar-refractivity contribution in [1.82, 2.24) is 0 Å². The second kappa shape index (κ2) is 30.0. The molecule has 0 saturated carbocycles. The minimum atomic E-state index is 0.927. The molecule has 0 nitrogen and oxygen atoms in total. The van der Waals surface area contributed by atoms with Gasteiger partial charge in [-0.1, -0.05) is 207 Å². The van der Waals surface area contributed by atoms with Gasteiger partial charge in [-0.15, -0.1) is 0 Å². The molecule has 0 aromatic rings. The van der Waals surface area contributed by atoms with E-state index in [9.17, 15) is 0 Å². The van der Waals surface area contributed by atoms with E-state index in [2.05, 4.69) is 20.8 Å². The van der Waals surface area contributed by atoms with Crippen molar-refractivity contribution in [2.24, 2.45) is 5.92 Å². The van der Waals surface area contributed by atoms with Crippen LogP contribution in [0.4, 0.5) is 0 Å². The van der Waals surface area contributed by atoms with Gasteiger partial charge in [-0.2, -0.15) is 0 Å². The van der Waals surface area contributed by atoms with E-state index in [0.29, 0.717) is 0 Å². The first-order chi connectivity index (χ1) is 16.3. The zero-order valence-corrected chi connectivity index (χ0v) is 23.8. The Morgan fingerprint density at radius 2 is 0.606 bits per heavy atom. The summed E-state index contributed by atoms with van der Waals surface area (Å²) in [6.45, 7) is 8.69. The fourth-order valence-corrected chi connectivity index (χ4v) is 5.27. The molecule has 0 fully saturated rings. The van der Waals surface area contributed by atoms with Gasteiger partial charge in [-0.25, -0.2) is 0 Å². The number of hydrogen-bond acceptors (Lipinski definition) is 0. The van der Waals surface area contributed by atoms with E-state index in [-0.39, 0.29) is 0 Å². The molecule has 0 aliphatic rings. The van der Waals surface area contributed by atoms with Crippen LogP contribution in [0.25, 0.3) is 0 Å². The van der Waals surface area contributed by atoms with Gasteiger partial charge in [0.2, 0.25) is 0 Å². The van der Waals surface area contributed by atoms with Gasteiger partial charge in [0.25, 0.3) is 0 Å². The molecule has 33 heavy (non-hydrogen) atoms. The quantitative estimate of drug-likeness (QED) is 0.0967. The lowest BCUT2D eigenvalue weighted by Gasteiger charge is -2.10. The van der Waals surface area contributed by atoms with Gasteiger partial charge >= 0.3 is 0 Å². The van der Waals surface area contributed by atoms with Crippen molar-refractivity contribution >= 4 is 0 Å². The number of rotatable bonds is 29. The zero-order valence-electron chi connectivity index (χ0n) is 23.8. The lowest BCUT2D eigenvalue weighted by atomic mass is 9.97. The van der Waals surface area contributed by atoms with Crippen molar-refractivity contribution in [2.75, 3.05) is 0 Å². The summed E-state index contributed by atoms with van der Waals surface area (Å²) in [6, 6.07) is 0. The van der Waals surface area contributed by atoms with E-state index in [0.717, 1.165) is 12.3 Å². The third-order valence-corrected chi connectivity index (χ3v) is 7.75. The SMILES string of the molecule is [CH2]CCCC(C)CCCCCCCCCCCCCCCCCCCCCCCCCCC. The summed E-state index contributed by atoms with van der Waals surface area (Å²) < 4.78 is 0. The molecular weight excluding hydrogens is 396 g/mol. The van der Waals surface area contributed by atoms with Crippen LogP contribution < -0.4 is 0 Å². The normalized spacial score (nSPS) is 12.5. The molecule has 0 heteroatoms. The predicted molar refractivity (Wildman–Crippen MR) is 154 cm³/mol. The summed E-state index contributed by atoms with van der Waals surface area (Å²) in [6.07, 6.45) is 42.2. The van der Waals surface area contributed by atoms with Gasteiger partial charge in [-0.3, -0.25) is 0 Å². The van der Waals surface area contributed by atoms with Gasteiger partial charge in [0.15, 0.2) is 0 Å². The van der Waals surface area contributed by atoms with Crippen LogP contribution in [0.2, 0.25) is 0 Å². The van der Waals surface area contributed by atoms with Crippen molar-refractivity contribution in [2.45, 2.75) is 200 Å².